The van der Waals surface area contributed by atoms with Crippen LogP contribution in [-0.4, -0.2) is 24.9 Å². The fourth-order valence-corrected chi connectivity index (χ4v) is 1.57. The summed E-state index contributed by atoms with van der Waals surface area (Å²) in [5.41, 5.74) is 0.919. The third kappa shape index (κ3) is 6.87. The SMILES string of the molecule is CC(C)OCCOc1ccc(CNC(C)(C)C)cc1F. The third-order valence-electron chi connectivity index (χ3n) is 2.61. The van der Waals surface area contributed by atoms with Crippen molar-refractivity contribution in [1.29, 1.82) is 0 Å². The van der Waals surface area contributed by atoms with Crippen molar-refractivity contribution >= 4 is 0 Å². The molecule has 1 N–H and O–H groups in total. The lowest BCUT2D eigenvalue weighted by Crippen LogP contribution is -2.35. The van der Waals surface area contributed by atoms with E-state index in [4.69, 9.17) is 9.47 Å². The van der Waals surface area contributed by atoms with Gasteiger partial charge >= 0.3 is 0 Å². The molecule has 1 aromatic rings. The Morgan fingerprint density at radius 1 is 1.20 bits per heavy atom. The van der Waals surface area contributed by atoms with Gasteiger partial charge in [-0.05, 0) is 52.3 Å². The van der Waals surface area contributed by atoms with Crippen LogP contribution in [0.5, 0.6) is 5.75 Å². The summed E-state index contributed by atoms with van der Waals surface area (Å²) < 4.78 is 24.6. The fourth-order valence-electron chi connectivity index (χ4n) is 1.57. The van der Waals surface area contributed by atoms with Crippen molar-refractivity contribution < 1.29 is 13.9 Å². The molecule has 3 nitrogen and oxygen atoms in total. The van der Waals surface area contributed by atoms with Gasteiger partial charge < -0.3 is 14.8 Å². The van der Waals surface area contributed by atoms with E-state index in [1.807, 2.05) is 19.9 Å². The Kier molecular flexibility index (Phi) is 6.43. The van der Waals surface area contributed by atoms with Crippen molar-refractivity contribution in [3.63, 3.8) is 0 Å². The van der Waals surface area contributed by atoms with Crippen molar-refractivity contribution in [2.24, 2.45) is 0 Å². The number of hydrogen-bond donors (Lipinski definition) is 1. The highest BCUT2D eigenvalue weighted by atomic mass is 19.1. The topological polar surface area (TPSA) is 30.5 Å². The van der Waals surface area contributed by atoms with Crippen LogP contribution in [0.15, 0.2) is 18.2 Å². The van der Waals surface area contributed by atoms with Crippen LogP contribution < -0.4 is 10.1 Å². The van der Waals surface area contributed by atoms with Gasteiger partial charge in [-0.15, -0.1) is 0 Å². The molecule has 0 radical (unpaired) electrons. The molecule has 0 saturated heterocycles. The molecule has 0 aromatic heterocycles. The number of nitrogens with one attached hydrogen (secondary N) is 1. The van der Waals surface area contributed by atoms with E-state index in [0.717, 1.165) is 5.56 Å². The van der Waals surface area contributed by atoms with Crippen LogP contribution in [0, 0.1) is 5.82 Å². The molecule has 4 heteroatoms. The highest BCUT2D eigenvalue weighted by molar-refractivity contribution is 5.29. The molecular formula is C16H26FNO2. The summed E-state index contributed by atoms with van der Waals surface area (Å²) in [5, 5.41) is 3.32. The van der Waals surface area contributed by atoms with Crippen molar-refractivity contribution in [3.05, 3.63) is 29.6 Å². The number of halogens is 1. The second-order valence-corrected chi connectivity index (χ2v) is 6.14. The Morgan fingerprint density at radius 2 is 1.90 bits per heavy atom. The van der Waals surface area contributed by atoms with Gasteiger partial charge in [0.25, 0.3) is 0 Å². The van der Waals surface area contributed by atoms with Crippen LogP contribution >= 0.6 is 0 Å². The van der Waals surface area contributed by atoms with E-state index in [2.05, 4.69) is 26.1 Å². The van der Waals surface area contributed by atoms with Gasteiger partial charge in [-0.1, -0.05) is 6.07 Å². The zero-order valence-corrected chi connectivity index (χ0v) is 13.1. The predicted octanol–water partition coefficient (Wildman–Crippen LogP) is 3.52. The van der Waals surface area contributed by atoms with Crippen LogP contribution in [0.1, 0.15) is 40.2 Å². The van der Waals surface area contributed by atoms with Crippen LogP contribution in [0.25, 0.3) is 0 Å². The minimum absolute atomic E-state index is 0.0137. The first-order valence-corrected chi connectivity index (χ1v) is 7.06. The Labute approximate surface area is 121 Å². The lowest BCUT2D eigenvalue weighted by atomic mass is 10.1. The van der Waals surface area contributed by atoms with E-state index < -0.39 is 0 Å². The quantitative estimate of drug-likeness (QED) is 0.777. The minimum Gasteiger partial charge on any atom is -0.488 e. The van der Waals surface area contributed by atoms with E-state index in [1.54, 1.807) is 6.07 Å². The highest BCUT2D eigenvalue weighted by Crippen LogP contribution is 2.18. The second-order valence-electron chi connectivity index (χ2n) is 6.14. The van der Waals surface area contributed by atoms with Gasteiger partial charge in [0.05, 0.1) is 12.7 Å². The molecule has 1 aromatic carbocycles. The molecule has 1 rings (SSSR count). The molecule has 20 heavy (non-hydrogen) atoms. The maximum atomic E-state index is 13.9. The van der Waals surface area contributed by atoms with E-state index >= 15 is 0 Å². The predicted molar refractivity (Wildman–Crippen MR) is 79.6 cm³/mol. The number of ether oxygens (including phenoxy) is 2. The van der Waals surface area contributed by atoms with E-state index in [-0.39, 0.29) is 23.2 Å². The van der Waals surface area contributed by atoms with E-state index in [1.165, 1.54) is 6.07 Å². The van der Waals surface area contributed by atoms with E-state index in [0.29, 0.717) is 19.8 Å². The summed E-state index contributed by atoms with van der Waals surface area (Å²) in [4.78, 5) is 0. The number of rotatable bonds is 7. The van der Waals surface area contributed by atoms with Gasteiger partial charge in [0.15, 0.2) is 11.6 Å². The summed E-state index contributed by atoms with van der Waals surface area (Å²) in [6, 6.07) is 5.06. The van der Waals surface area contributed by atoms with Crippen molar-refractivity contribution in [1.82, 2.24) is 5.32 Å². The van der Waals surface area contributed by atoms with Crippen LogP contribution in [0.2, 0.25) is 0 Å². The minimum atomic E-state index is -0.331. The lowest BCUT2D eigenvalue weighted by molar-refractivity contribution is 0.0544. The molecule has 114 valence electrons. The van der Waals surface area contributed by atoms with Gasteiger partial charge in [0.1, 0.15) is 6.61 Å². The first-order valence-electron chi connectivity index (χ1n) is 7.06. The Balaban J connectivity index is 2.47. The highest BCUT2D eigenvalue weighted by Gasteiger charge is 2.10. The summed E-state index contributed by atoms with van der Waals surface area (Å²) in [5.74, 6) is -0.0559. The van der Waals surface area contributed by atoms with Crippen LogP contribution in [0.4, 0.5) is 4.39 Å². The van der Waals surface area contributed by atoms with Crippen LogP contribution in [0.3, 0.4) is 0 Å². The molecule has 0 aliphatic rings. The Bertz CT molecular complexity index is 413. The zero-order valence-electron chi connectivity index (χ0n) is 13.1. The molecule has 0 aliphatic carbocycles. The maximum absolute atomic E-state index is 13.9. The lowest BCUT2D eigenvalue weighted by Gasteiger charge is -2.20. The fraction of sp³-hybridized carbons (Fsp3) is 0.625. The molecule has 0 fully saturated rings. The molecule has 0 spiro atoms. The van der Waals surface area contributed by atoms with Crippen molar-refractivity contribution in [2.75, 3.05) is 13.2 Å². The average molecular weight is 283 g/mol. The van der Waals surface area contributed by atoms with Gasteiger partial charge in [-0.3, -0.25) is 0 Å². The first-order chi connectivity index (χ1) is 9.28. The van der Waals surface area contributed by atoms with Crippen LogP contribution in [-0.2, 0) is 11.3 Å². The average Bonchev–Trinajstić information content (AvgIpc) is 2.33. The third-order valence-corrected chi connectivity index (χ3v) is 2.61. The monoisotopic (exact) mass is 283 g/mol. The zero-order chi connectivity index (χ0) is 15.2. The van der Waals surface area contributed by atoms with Gasteiger partial charge in [0, 0.05) is 12.1 Å². The second kappa shape index (κ2) is 7.60. The standard InChI is InChI=1S/C16H26FNO2/c1-12(2)19-8-9-20-15-7-6-13(10-14(15)17)11-18-16(3,4)5/h6-7,10,12,18H,8-9,11H2,1-5H3. The number of hydrogen-bond acceptors (Lipinski definition) is 3. The molecule has 0 atom stereocenters. The van der Waals surface area contributed by atoms with E-state index in [9.17, 15) is 4.39 Å². The van der Waals surface area contributed by atoms with Gasteiger partial charge in [-0.2, -0.15) is 0 Å². The summed E-state index contributed by atoms with van der Waals surface area (Å²) >= 11 is 0. The van der Waals surface area contributed by atoms with Crippen molar-refractivity contribution in [2.45, 2.75) is 52.8 Å². The molecule has 0 heterocycles. The Hall–Kier alpha value is -1.13. The Morgan fingerprint density at radius 3 is 2.45 bits per heavy atom. The molecule has 0 aliphatic heterocycles. The largest absolute Gasteiger partial charge is 0.488 e. The summed E-state index contributed by atoms with van der Waals surface area (Å²) in [6.45, 7) is 11.6. The molecular weight excluding hydrogens is 257 g/mol. The smallest absolute Gasteiger partial charge is 0.165 e. The maximum Gasteiger partial charge on any atom is 0.165 e. The summed E-state index contributed by atoms with van der Waals surface area (Å²) in [6.07, 6.45) is 0.161. The summed E-state index contributed by atoms with van der Waals surface area (Å²) in [7, 11) is 0. The molecule has 0 saturated carbocycles. The van der Waals surface area contributed by atoms with Crippen molar-refractivity contribution in [3.8, 4) is 5.75 Å². The normalized spacial score (nSPS) is 11.9. The molecule has 0 unspecified atom stereocenters. The first kappa shape index (κ1) is 16.9. The molecule has 0 bridgehead atoms. The van der Waals surface area contributed by atoms with Gasteiger partial charge in [0.2, 0.25) is 0 Å². The molecule has 0 amide bonds. The van der Waals surface area contributed by atoms with Gasteiger partial charge in [-0.25, -0.2) is 4.39 Å². The number of benzene rings is 1.